The number of halogens is 1. The maximum atomic E-state index is 12.6. The monoisotopic (exact) mass is 237 g/mol. The molecule has 1 aromatic carbocycles. The van der Waals surface area contributed by atoms with Gasteiger partial charge in [-0.25, -0.2) is 4.39 Å². The highest BCUT2D eigenvalue weighted by Gasteiger charge is 2.06. The molecule has 0 amide bonds. The molecule has 6 heteroatoms. The molecule has 0 aliphatic rings. The minimum Gasteiger partial charge on any atom is -0.491 e. The normalized spacial score (nSPS) is 12.4. The van der Waals surface area contributed by atoms with E-state index in [9.17, 15) is 9.50 Å². The smallest absolute Gasteiger partial charge is 0.123 e. The van der Waals surface area contributed by atoms with E-state index in [2.05, 4.69) is 10.2 Å². The SMILES string of the molecule is OC(COc1ccc(F)cc1)Cn1cnnc1. The summed E-state index contributed by atoms with van der Waals surface area (Å²) >= 11 is 0. The van der Waals surface area contributed by atoms with E-state index in [4.69, 9.17) is 4.74 Å². The Bertz CT molecular complexity index is 444. The van der Waals surface area contributed by atoms with E-state index in [0.29, 0.717) is 12.3 Å². The van der Waals surface area contributed by atoms with Gasteiger partial charge in [0.2, 0.25) is 0 Å². The van der Waals surface area contributed by atoms with Gasteiger partial charge in [0.05, 0.1) is 6.54 Å². The quantitative estimate of drug-likeness (QED) is 0.837. The van der Waals surface area contributed by atoms with Crippen LogP contribution in [0, 0.1) is 5.82 Å². The lowest BCUT2D eigenvalue weighted by Gasteiger charge is -2.12. The zero-order valence-electron chi connectivity index (χ0n) is 9.03. The second-order valence-corrected chi connectivity index (χ2v) is 3.58. The van der Waals surface area contributed by atoms with Gasteiger partial charge in [-0.2, -0.15) is 0 Å². The molecule has 1 aromatic heterocycles. The number of hydrogen-bond acceptors (Lipinski definition) is 4. The number of ether oxygens (including phenoxy) is 1. The Balaban J connectivity index is 1.79. The van der Waals surface area contributed by atoms with Gasteiger partial charge in [-0.15, -0.1) is 10.2 Å². The summed E-state index contributed by atoms with van der Waals surface area (Å²) in [4.78, 5) is 0. The lowest BCUT2D eigenvalue weighted by Crippen LogP contribution is -2.23. The third kappa shape index (κ3) is 3.53. The molecule has 1 N–H and O–H groups in total. The van der Waals surface area contributed by atoms with Crippen molar-refractivity contribution in [3.05, 3.63) is 42.7 Å². The summed E-state index contributed by atoms with van der Waals surface area (Å²) in [5.41, 5.74) is 0. The van der Waals surface area contributed by atoms with Crippen LogP contribution >= 0.6 is 0 Å². The van der Waals surface area contributed by atoms with Gasteiger partial charge in [0.15, 0.2) is 0 Å². The summed E-state index contributed by atoms with van der Waals surface area (Å²) < 4.78 is 19.6. The molecule has 1 heterocycles. The van der Waals surface area contributed by atoms with Gasteiger partial charge >= 0.3 is 0 Å². The van der Waals surface area contributed by atoms with Crippen LogP contribution in [0.4, 0.5) is 4.39 Å². The standard InChI is InChI=1S/C11H12FN3O2/c12-9-1-3-11(4-2-9)17-6-10(16)5-15-7-13-14-8-15/h1-4,7-8,10,16H,5-6H2. The molecule has 0 bridgehead atoms. The second kappa shape index (κ2) is 5.40. The van der Waals surface area contributed by atoms with Gasteiger partial charge in [0.25, 0.3) is 0 Å². The third-order valence-corrected chi connectivity index (χ3v) is 2.14. The van der Waals surface area contributed by atoms with Gasteiger partial charge in [-0.3, -0.25) is 0 Å². The summed E-state index contributed by atoms with van der Waals surface area (Å²) in [5.74, 6) is 0.205. The highest BCUT2D eigenvalue weighted by molar-refractivity contribution is 5.22. The maximum absolute atomic E-state index is 12.6. The van der Waals surface area contributed by atoms with Gasteiger partial charge < -0.3 is 14.4 Å². The molecule has 0 aliphatic carbocycles. The Morgan fingerprint density at radius 1 is 1.24 bits per heavy atom. The molecular formula is C11H12FN3O2. The maximum Gasteiger partial charge on any atom is 0.123 e. The number of nitrogens with zero attached hydrogens (tertiary/aromatic N) is 3. The Morgan fingerprint density at radius 3 is 2.53 bits per heavy atom. The van der Waals surface area contributed by atoms with Crippen LogP contribution < -0.4 is 4.74 Å². The van der Waals surface area contributed by atoms with E-state index in [-0.39, 0.29) is 12.4 Å². The number of hydrogen-bond donors (Lipinski definition) is 1. The minimum absolute atomic E-state index is 0.129. The van der Waals surface area contributed by atoms with Crippen molar-refractivity contribution in [1.29, 1.82) is 0 Å². The molecule has 1 atom stereocenters. The van der Waals surface area contributed by atoms with Crippen molar-refractivity contribution < 1.29 is 14.2 Å². The molecule has 0 saturated heterocycles. The van der Waals surface area contributed by atoms with Gasteiger partial charge in [-0.05, 0) is 24.3 Å². The number of benzene rings is 1. The average Bonchev–Trinajstić information content (AvgIpc) is 2.81. The largest absolute Gasteiger partial charge is 0.491 e. The summed E-state index contributed by atoms with van der Waals surface area (Å²) in [6, 6.07) is 5.64. The van der Waals surface area contributed by atoms with E-state index in [1.54, 1.807) is 4.57 Å². The highest BCUT2D eigenvalue weighted by Crippen LogP contribution is 2.11. The zero-order chi connectivity index (χ0) is 12.1. The molecule has 5 nitrogen and oxygen atoms in total. The van der Waals surface area contributed by atoms with Gasteiger partial charge in [-0.1, -0.05) is 0 Å². The fraction of sp³-hybridized carbons (Fsp3) is 0.273. The van der Waals surface area contributed by atoms with Gasteiger partial charge in [0, 0.05) is 0 Å². The van der Waals surface area contributed by atoms with E-state index in [0.717, 1.165) is 0 Å². The third-order valence-electron chi connectivity index (χ3n) is 2.14. The van der Waals surface area contributed by atoms with E-state index in [1.807, 2.05) is 0 Å². The molecule has 0 spiro atoms. The number of aromatic nitrogens is 3. The molecule has 0 radical (unpaired) electrons. The lowest BCUT2D eigenvalue weighted by atomic mass is 10.3. The van der Waals surface area contributed by atoms with Crippen molar-refractivity contribution in [3.63, 3.8) is 0 Å². The van der Waals surface area contributed by atoms with Crippen LogP contribution in [0.15, 0.2) is 36.9 Å². The summed E-state index contributed by atoms with van der Waals surface area (Å²) in [7, 11) is 0. The Hall–Kier alpha value is -1.95. The Morgan fingerprint density at radius 2 is 1.88 bits per heavy atom. The lowest BCUT2D eigenvalue weighted by molar-refractivity contribution is 0.0923. The first-order chi connectivity index (χ1) is 8.24. The van der Waals surface area contributed by atoms with Crippen molar-refractivity contribution in [2.24, 2.45) is 0 Å². The first-order valence-electron chi connectivity index (χ1n) is 5.13. The molecule has 0 saturated carbocycles. The first-order valence-corrected chi connectivity index (χ1v) is 5.13. The number of aliphatic hydroxyl groups is 1. The first kappa shape index (κ1) is 11.5. The van der Waals surface area contributed by atoms with Crippen molar-refractivity contribution >= 4 is 0 Å². The second-order valence-electron chi connectivity index (χ2n) is 3.58. The fourth-order valence-corrected chi connectivity index (χ4v) is 1.34. The Kier molecular flexibility index (Phi) is 3.66. The molecule has 0 fully saturated rings. The summed E-state index contributed by atoms with van der Waals surface area (Å²) in [6.45, 7) is 0.484. The number of aliphatic hydroxyl groups excluding tert-OH is 1. The topological polar surface area (TPSA) is 60.2 Å². The van der Waals surface area contributed by atoms with Crippen molar-refractivity contribution in [1.82, 2.24) is 14.8 Å². The molecule has 2 aromatic rings. The van der Waals surface area contributed by atoms with Crippen LogP contribution in [-0.2, 0) is 6.54 Å². The zero-order valence-corrected chi connectivity index (χ0v) is 9.03. The molecule has 0 aliphatic heterocycles. The van der Waals surface area contributed by atoms with Crippen molar-refractivity contribution in [2.75, 3.05) is 6.61 Å². The molecule has 17 heavy (non-hydrogen) atoms. The van der Waals surface area contributed by atoms with E-state index in [1.165, 1.54) is 36.9 Å². The van der Waals surface area contributed by atoms with Crippen LogP contribution in [0.25, 0.3) is 0 Å². The predicted molar refractivity (Wildman–Crippen MR) is 57.9 cm³/mol. The minimum atomic E-state index is -0.670. The van der Waals surface area contributed by atoms with Gasteiger partial charge in [0.1, 0.15) is 36.9 Å². The van der Waals surface area contributed by atoms with Crippen molar-refractivity contribution in [3.8, 4) is 5.75 Å². The van der Waals surface area contributed by atoms with Crippen LogP contribution in [0.5, 0.6) is 5.75 Å². The van der Waals surface area contributed by atoms with Crippen LogP contribution in [0.2, 0.25) is 0 Å². The molecular weight excluding hydrogens is 225 g/mol. The summed E-state index contributed by atoms with van der Waals surface area (Å²) in [6.07, 6.45) is 2.36. The Labute approximate surface area is 97.5 Å². The summed E-state index contributed by atoms with van der Waals surface area (Å²) in [5, 5.41) is 16.9. The highest BCUT2D eigenvalue weighted by atomic mass is 19.1. The van der Waals surface area contributed by atoms with Crippen LogP contribution in [0.1, 0.15) is 0 Å². The fourth-order valence-electron chi connectivity index (χ4n) is 1.34. The molecule has 90 valence electrons. The van der Waals surface area contributed by atoms with E-state index < -0.39 is 6.10 Å². The molecule has 2 rings (SSSR count). The average molecular weight is 237 g/mol. The van der Waals surface area contributed by atoms with E-state index >= 15 is 0 Å². The van der Waals surface area contributed by atoms with Crippen LogP contribution in [0.3, 0.4) is 0 Å². The van der Waals surface area contributed by atoms with Crippen LogP contribution in [-0.4, -0.2) is 32.6 Å². The predicted octanol–water partition coefficient (Wildman–Crippen LogP) is 0.857. The van der Waals surface area contributed by atoms with Crippen molar-refractivity contribution in [2.45, 2.75) is 12.6 Å². The molecule has 1 unspecified atom stereocenters. The number of rotatable bonds is 5.